The van der Waals surface area contributed by atoms with E-state index in [9.17, 15) is 9.59 Å². The highest BCUT2D eigenvalue weighted by Crippen LogP contribution is 2.30. The maximum Gasteiger partial charge on any atom is 0.255 e. The molecule has 142 valence electrons. The number of carbonyl (C=O) groups excluding carboxylic acids is 2. The molecule has 1 saturated heterocycles. The number of nitrogens with zero attached hydrogens (tertiary/aromatic N) is 3. The van der Waals surface area contributed by atoms with Gasteiger partial charge in [-0.15, -0.1) is 0 Å². The Morgan fingerprint density at radius 2 is 1.74 bits per heavy atom. The fourth-order valence-corrected chi connectivity index (χ4v) is 4.14. The molecule has 0 radical (unpaired) electrons. The minimum Gasteiger partial charge on any atom is -0.340 e. The highest BCUT2D eigenvalue weighted by atomic mass is 16.2. The second kappa shape index (κ2) is 7.31. The standard InChI is InChI=1S/C22H27N3O2/c1-16(2)21(26)24-12-9-23(10-13-24)11-14-25-15-18-8-7-17-5-3-4-6-19(17)20(18)22(25)27/h3-8,16H,9-15H2,1-2H3. The SMILES string of the molecule is CC(C)C(=O)N1CCN(CCN2Cc3ccc4ccccc4c3C2=O)CC1. The Balaban J connectivity index is 1.36. The highest BCUT2D eigenvalue weighted by Gasteiger charge is 2.30. The number of amides is 2. The van der Waals surface area contributed by atoms with Crippen LogP contribution in [0.15, 0.2) is 36.4 Å². The predicted molar refractivity (Wildman–Crippen MR) is 107 cm³/mol. The van der Waals surface area contributed by atoms with E-state index in [0.717, 1.165) is 61.2 Å². The topological polar surface area (TPSA) is 43.9 Å². The van der Waals surface area contributed by atoms with Gasteiger partial charge in [0.2, 0.25) is 5.91 Å². The molecule has 0 spiro atoms. The summed E-state index contributed by atoms with van der Waals surface area (Å²) in [5.41, 5.74) is 2.01. The average Bonchev–Trinajstić information content (AvgIpc) is 3.02. The van der Waals surface area contributed by atoms with Gasteiger partial charge < -0.3 is 9.80 Å². The molecule has 2 aromatic carbocycles. The van der Waals surface area contributed by atoms with Gasteiger partial charge in [0, 0.05) is 51.7 Å². The molecule has 5 heteroatoms. The maximum atomic E-state index is 13.0. The van der Waals surface area contributed by atoms with Crippen molar-refractivity contribution in [1.29, 1.82) is 0 Å². The summed E-state index contributed by atoms with van der Waals surface area (Å²) in [4.78, 5) is 31.3. The van der Waals surface area contributed by atoms with Crippen LogP contribution >= 0.6 is 0 Å². The summed E-state index contributed by atoms with van der Waals surface area (Å²) >= 11 is 0. The second-order valence-electron chi connectivity index (χ2n) is 7.87. The van der Waals surface area contributed by atoms with E-state index in [1.165, 1.54) is 0 Å². The first kappa shape index (κ1) is 18.0. The molecular weight excluding hydrogens is 338 g/mol. The Morgan fingerprint density at radius 1 is 1.00 bits per heavy atom. The smallest absolute Gasteiger partial charge is 0.255 e. The zero-order valence-electron chi connectivity index (χ0n) is 16.1. The van der Waals surface area contributed by atoms with Crippen molar-refractivity contribution >= 4 is 22.6 Å². The largest absolute Gasteiger partial charge is 0.340 e. The maximum absolute atomic E-state index is 13.0. The van der Waals surface area contributed by atoms with Gasteiger partial charge in [-0.05, 0) is 16.3 Å². The third-order valence-electron chi connectivity index (χ3n) is 5.74. The molecule has 27 heavy (non-hydrogen) atoms. The molecule has 0 aliphatic carbocycles. The molecular formula is C22H27N3O2. The lowest BCUT2D eigenvalue weighted by Gasteiger charge is -2.36. The van der Waals surface area contributed by atoms with Crippen molar-refractivity contribution in [3.05, 3.63) is 47.5 Å². The fraction of sp³-hybridized carbons (Fsp3) is 0.455. The molecule has 2 heterocycles. The van der Waals surface area contributed by atoms with Gasteiger partial charge in [-0.3, -0.25) is 14.5 Å². The van der Waals surface area contributed by atoms with E-state index in [1.807, 2.05) is 41.8 Å². The Hall–Kier alpha value is -2.40. The van der Waals surface area contributed by atoms with Crippen molar-refractivity contribution in [3.8, 4) is 0 Å². The summed E-state index contributed by atoms with van der Waals surface area (Å²) in [5.74, 6) is 0.453. The van der Waals surface area contributed by atoms with Crippen LogP contribution in [0.4, 0.5) is 0 Å². The summed E-state index contributed by atoms with van der Waals surface area (Å²) in [6.07, 6.45) is 0. The van der Waals surface area contributed by atoms with Crippen LogP contribution in [-0.4, -0.2) is 65.8 Å². The summed E-state index contributed by atoms with van der Waals surface area (Å²) in [6.45, 7) is 9.55. The number of fused-ring (bicyclic) bond motifs is 3. The quantitative estimate of drug-likeness (QED) is 0.837. The monoisotopic (exact) mass is 365 g/mol. The summed E-state index contributed by atoms with van der Waals surface area (Å²) in [6, 6.07) is 12.3. The molecule has 1 fully saturated rings. The van der Waals surface area contributed by atoms with Gasteiger partial charge in [-0.1, -0.05) is 50.2 Å². The number of hydrogen-bond acceptors (Lipinski definition) is 3. The number of hydrogen-bond donors (Lipinski definition) is 0. The number of rotatable bonds is 4. The van der Waals surface area contributed by atoms with Gasteiger partial charge in [-0.25, -0.2) is 0 Å². The first-order chi connectivity index (χ1) is 13.0. The van der Waals surface area contributed by atoms with E-state index in [2.05, 4.69) is 23.1 Å². The van der Waals surface area contributed by atoms with Crippen LogP contribution < -0.4 is 0 Å². The van der Waals surface area contributed by atoms with Gasteiger partial charge in [0.1, 0.15) is 0 Å². The summed E-state index contributed by atoms with van der Waals surface area (Å²) in [5, 5.41) is 2.18. The fourth-order valence-electron chi connectivity index (χ4n) is 4.14. The molecule has 2 aliphatic heterocycles. The van der Waals surface area contributed by atoms with E-state index in [1.54, 1.807) is 0 Å². The van der Waals surface area contributed by atoms with Crippen molar-refractivity contribution in [1.82, 2.24) is 14.7 Å². The molecule has 2 aliphatic rings. The first-order valence-corrected chi connectivity index (χ1v) is 9.85. The van der Waals surface area contributed by atoms with Gasteiger partial charge in [0.05, 0.1) is 5.56 Å². The Bertz CT molecular complexity index is 869. The zero-order valence-corrected chi connectivity index (χ0v) is 16.1. The highest BCUT2D eigenvalue weighted by molar-refractivity contribution is 6.10. The van der Waals surface area contributed by atoms with Crippen LogP contribution in [0.2, 0.25) is 0 Å². The van der Waals surface area contributed by atoms with Crippen molar-refractivity contribution in [2.75, 3.05) is 39.3 Å². The van der Waals surface area contributed by atoms with Gasteiger partial charge >= 0.3 is 0 Å². The average molecular weight is 365 g/mol. The molecule has 0 saturated carbocycles. The molecule has 4 rings (SSSR count). The zero-order chi connectivity index (χ0) is 19.0. The molecule has 0 N–H and O–H groups in total. The minimum absolute atomic E-state index is 0.0621. The van der Waals surface area contributed by atoms with Gasteiger partial charge in [0.15, 0.2) is 0 Å². The van der Waals surface area contributed by atoms with Gasteiger partial charge in [-0.2, -0.15) is 0 Å². The summed E-state index contributed by atoms with van der Waals surface area (Å²) < 4.78 is 0. The Morgan fingerprint density at radius 3 is 2.48 bits per heavy atom. The van der Waals surface area contributed by atoms with Crippen molar-refractivity contribution in [2.24, 2.45) is 5.92 Å². The van der Waals surface area contributed by atoms with Crippen LogP contribution in [-0.2, 0) is 11.3 Å². The van der Waals surface area contributed by atoms with E-state index >= 15 is 0 Å². The number of carbonyl (C=O) groups is 2. The minimum atomic E-state index is 0.0621. The molecule has 2 amide bonds. The molecule has 0 atom stereocenters. The third-order valence-corrected chi connectivity index (χ3v) is 5.74. The van der Waals surface area contributed by atoms with E-state index < -0.39 is 0 Å². The Kier molecular flexibility index (Phi) is 4.87. The predicted octanol–water partition coefficient (Wildman–Crippen LogP) is 2.60. The molecule has 0 aromatic heterocycles. The van der Waals surface area contributed by atoms with Crippen LogP contribution in [0.1, 0.15) is 29.8 Å². The van der Waals surface area contributed by atoms with E-state index in [-0.39, 0.29) is 17.7 Å². The molecule has 5 nitrogen and oxygen atoms in total. The van der Waals surface area contributed by atoms with Crippen molar-refractivity contribution in [2.45, 2.75) is 20.4 Å². The van der Waals surface area contributed by atoms with Crippen molar-refractivity contribution in [3.63, 3.8) is 0 Å². The van der Waals surface area contributed by atoms with Crippen LogP contribution in [0.25, 0.3) is 10.8 Å². The lowest BCUT2D eigenvalue weighted by atomic mass is 10.0. The number of benzene rings is 2. The molecule has 0 bridgehead atoms. The summed E-state index contributed by atoms with van der Waals surface area (Å²) in [7, 11) is 0. The lowest BCUT2D eigenvalue weighted by Crippen LogP contribution is -2.51. The molecule has 2 aromatic rings. The number of piperazine rings is 1. The second-order valence-corrected chi connectivity index (χ2v) is 7.87. The third kappa shape index (κ3) is 3.44. The Labute approximate surface area is 160 Å². The van der Waals surface area contributed by atoms with Gasteiger partial charge in [0.25, 0.3) is 5.91 Å². The molecule has 0 unspecified atom stereocenters. The van der Waals surface area contributed by atoms with Crippen LogP contribution in [0, 0.1) is 5.92 Å². The first-order valence-electron chi connectivity index (χ1n) is 9.85. The van der Waals surface area contributed by atoms with Crippen LogP contribution in [0.5, 0.6) is 0 Å². The lowest BCUT2D eigenvalue weighted by molar-refractivity contribution is -0.136. The van der Waals surface area contributed by atoms with E-state index in [4.69, 9.17) is 0 Å². The van der Waals surface area contributed by atoms with E-state index in [0.29, 0.717) is 6.54 Å². The van der Waals surface area contributed by atoms with Crippen molar-refractivity contribution < 1.29 is 9.59 Å². The van der Waals surface area contributed by atoms with Crippen LogP contribution in [0.3, 0.4) is 0 Å². The normalized spacial score (nSPS) is 17.8.